The lowest BCUT2D eigenvalue weighted by atomic mass is 10.2. The first-order chi connectivity index (χ1) is 5.65. The molecule has 0 atom stereocenters. The molecule has 0 aromatic carbocycles. The van der Waals surface area contributed by atoms with E-state index in [9.17, 15) is 4.79 Å². The van der Waals surface area contributed by atoms with Gasteiger partial charge in [-0.2, -0.15) is 5.26 Å². The predicted molar refractivity (Wildman–Crippen MR) is 42.4 cm³/mol. The van der Waals surface area contributed by atoms with Crippen LogP contribution in [0.2, 0.25) is 0 Å². The van der Waals surface area contributed by atoms with Crippen molar-refractivity contribution in [3.63, 3.8) is 0 Å². The van der Waals surface area contributed by atoms with Crippen LogP contribution in [0.4, 0.5) is 0 Å². The highest BCUT2D eigenvalue weighted by Gasteiger charge is 2.09. The van der Waals surface area contributed by atoms with Crippen molar-refractivity contribution >= 4 is 5.91 Å². The third kappa shape index (κ3) is 1.51. The first-order valence-corrected chi connectivity index (χ1v) is 3.63. The number of nitriles is 1. The Bertz CT molecular complexity index is 332. The molecule has 4 nitrogen and oxygen atoms in total. The normalized spacial score (nSPS) is 9.83. The molecule has 0 radical (unpaired) electrons. The van der Waals surface area contributed by atoms with Gasteiger partial charge >= 0.3 is 0 Å². The van der Waals surface area contributed by atoms with Gasteiger partial charge in [-0.15, -0.1) is 0 Å². The second-order valence-corrected chi connectivity index (χ2v) is 2.77. The van der Waals surface area contributed by atoms with Crippen molar-refractivity contribution in [1.29, 1.82) is 5.26 Å². The molecule has 1 aromatic rings. The Labute approximate surface area is 70.4 Å². The molecule has 0 aliphatic heterocycles. The zero-order valence-electron chi connectivity index (χ0n) is 6.98. The maximum Gasteiger partial charge on any atom is 0.234 e. The number of hydrogen-bond donors (Lipinski definition) is 0. The zero-order chi connectivity index (χ0) is 9.14. The average Bonchev–Trinajstić information content (AvgIpc) is 2.50. The van der Waals surface area contributed by atoms with E-state index >= 15 is 0 Å². The zero-order valence-corrected chi connectivity index (χ0v) is 6.98. The van der Waals surface area contributed by atoms with Crippen LogP contribution < -0.4 is 0 Å². The molecule has 62 valence electrons. The van der Waals surface area contributed by atoms with E-state index in [2.05, 4.69) is 4.98 Å². The number of carbonyl (C=O) groups excluding carboxylic acids is 1. The summed E-state index contributed by atoms with van der Waals surface area (Å²) in [6, 6.07) is 1.86. The monoisotopic (exact) mass is 163 g/mol. The summed E-state index contributed by atoms with van der Waals surface area (Å²) >= 11 is 0. The van der Waals surface area contributed by atoms with Crippen molar-refractivity contribution in [2.24, 2.45) is 5.92 Å². The molecule has 0 amide bonds. The van der Waals surface area contributed by atoms with Gasteiger partial charge in [-0.1, -0.05) is 13.8 Å². The molecule has 4 heteroatoms. The van der Waals surface area contributed by atoms with Gasteiger partial charge in [0.05, 0.1) is 0 Å². The smallest absolute Gasteiger partial charge is 0.234 e. The van der Waals surface area contributed by atoms with Gasteiger partial charge in [0.25, 0.3) is 0 Å². The quantitative estimate of drug-likeness (QED) is 0.621. The molecule has 12 heavy (non-hydrogen) atoms. The third-order valence-electron chi connectivity index (χ3n) is 1.45. The lowest BCUT2D eigenvalue weighted by molar-refractivity contribution is 0.0855. The van der Waals surface area contributed by atoms with Gasteiger partial charge in [0.2, 0.25) is 5.91 Å². The van der Waals surface area contributed by atoms with Gasteiger partial charge < -0.3 is 0 Å². The van der Waals surface area contributed by atoms with E-state index in [-0.39, 0.29) is 17.5 Å². The van der Waals surface area contributed by atoms with Crippen LogP contribution in [-0.4, -0.2) is 15.5 Å². The van der Waals surface area contributed by atoms with Gasteiger partial charge in [-0.05, 0) is 0 Å². The van der Waals surface area contributed by atoms with Crippen LogP contribution in [-0.2, 0) is 0 Å². The lowest BCUT2D eigenvalue weighted by Crippen LogP contribution is -2.14. The highest BCUT2D eigenvalue weighted by molar-refractivity contribution is 5.80. The van der Waals surface area contributed by atoms with Crippen molar-refractivity contribution in [3.05, 3.63) is 18.2 Å². The second kappa shape index (κ2) is 3.18. The Hall–Kier alpha value is -1.63. The minimum Gasteiger partial charge on any atom is -0.275 e. The highest BCUT2D eigenvalue weighted by atomic mass is 16.2. The van der Waals surface area contributed by atoms with Crippen LogP contribution in [0.3, 0.4) is 0 Å². The molecule has 0 spiro atoms. The van der Waals surface area contributed by atoms with E-state index in [1.54, 1.807) is 13.8 Å². The summed E-state index contributed by atoms with van der Waals surface area (Å²) in [5.74, 6) is -0.130. The SMILES string of the molecule is CC(C)C(=O)n1cnc(C#N)c1. The molecular weight excluding hydrogens is 154 g/mol. The molecule has 0 aliphatic rings. The summed E-state index contributed by atoms with van der Waals surface area (Å²) in [5.41, 5.74) is 0.268. The standard InChI is InChI=1S/C8H9N3O/c1-6(2)8(12)11-4-7(3-9)10-5-11/h4-6H,1-2H3. The van der Waals surface area contributed by atoms with Crippen molar-refractivity contribution < 1.29 is 4.79 Å². The largest absolute Gasteiger partial charge is 0.275 e. The van der Waals surface area contributed by atoms with Crippen LogP contribution in [0.5, 0.6) is 0 Å². The van der Waals surface area contributed by atoms with Gasteiger partial charge in [-0.25, -0.2) is 4.98 Å². The molecule has 1 aromatic heterocycles. The maximum atomic E-state index is 11.3. The van der Waals surface area contributed by atoms with Crippen molar-refractivity contribution in [2.45, 2.75) is 13.8 Å². The fraction of sp³-hybridized carbons (Fsp3) is 0.375. The summed E-state index contributed by atoms with van der Waals surface area (Å²) in [7, 11) is 0. The molecule has 1 rings (SSSR count). The summed E-state index contributed by atoms with van der Waals surface area (Å²) < 4.78 is 1.34. The first-order valence-electron chi connectivity index (χ1n) is 3.63. The van der Waals surface area contributed by atoms with E-state index < -0.39 is 0 Å². The number of hydrogen-bond acceptors (Lipinski definition) is 3. The number of nitrogens with zero attached hydrogens (tertiary/aromatic N) is 3. The molecule has 0 fully saturated rings. The third-order valence-corrected chi connectivity index (χ3v) is 1.45. The molecule has 0 saturated heterocycles. The Morgan fingerprint density at radius 2 is 2.42 bits per heavy atom. The molecule has 0 saturated carbocycles. The van der Waals surface area contributed by atoms with Crippen LogP contribution in [0, 0.1) is 17.2 Å². The van der Waals surface area contributed by atoms with E-state index in [1.807, 2.05) is 6.07 Å². The Morgan fingerprint density at radius 3 is 2.83 bits per heavy atom. The van der Waals surface area contributed by atoms with E-state index in [0.29, 0.717) is 0 Å². The van der Waals surface area contributed by atoms with Crippen molar-refractivity contribution in [3.8, 4) is 6.07 Å². The molecule has 1 heterocycles. The van der Waals surface area contributed by atoms with Gasteiger partial charge in [0.1, 0.15) is 12.4 Å². The Morgan fingerprint density at radius 1 is 1.75 bits per heavy atom. The van der Waals surface area contributed by atoms with E-state index in [4.69, 9.17) is 5.26 Å². The van der Waals surface area contributed by atoms with Gasteiger partial charge in [-0.3, -0.25) is 9.36 Å². The molecular formula is C8H9N3O. The second-order valence-electron chi connectivity index (χ2n) is 2.77. The van der Waals surface area contributed by atoms with Crippen LogP contribution >= 0.6 is 0 Å². The van der Waals surface area contributed by atoms with Crippen molar-refractivity contribution in [2.75, 3.05) is 0 Å². The molecule has 0 aliphatic carbocycles. The van der Waals surface area contributed by atoms with Crippen LogP contribution in [0.25, 0.3) is 0 Å². The highest BCUT2D eigenvalue weighted by Crippen LogP contribution is 2.00. The van der Waals surface area contributed by atoms with E-state index in [1.165, 1.54) is 17.1 Å². The summed E-state index contributed by atoms with van der Waals surface area (Å²) in [5, 5.41) is 8.43. The van der Waals surface area contributed by atoms with Crippen molar-refractivity contribution in [1.82, 2.24) is 9.55 Å². The van der Waals surface area contributed by atoms with Gasteiger partial charge in [0.15, 0.2) is 5.69 Å². The lowest BCUT2D eigenvalue weighted by Gasteiger charge is -2.01. The fourth-order valence-electron chi connectivity index (χ4n) is 0.799. The van der Waals surface area contributed by atoms with Crippen LogP contribution in [0.15, 0.2) is 12.5 Å². The maximum absolute atomic E-state index is 11.3. The molecule has 0 bridgehead atoms. The fourth-order valence-corrected chi connectivity index (χ4v) is 0.799. The molecule has 0 N–H and O–H groups in total. The summed E-state index contributed by atoms with van der Waals surface area (Å²) in [6.45, 7) is 3.60. The van der Waals surface area contributed by atoms with Crippen LogP contribution in [0.1, 0.15) is 24.3 Å². The first kappa shape index (κ1) is 8.47. The number of rotatable bonds is 1. The number of aromatic nitrogens is 2. The summed E-state index contributed by atoms with van der Waals surface area (Å²) in [6.07, 6.45) is 2.79. The Balaban J connectivity index is 2.91. The molecule has 0 unspecified atom stereocenters. The minimum atomic E-state index is -0.0780. The topological polar surface area (TPSA) is 58.7 Å². The average molecular weight is 163 g/mol. The number of imidazole rings is 1. The predicted octanol–water partition coefficient (Wildman–Crippen LogP) is 1.05. The Kier molecular flexibility index (Phi) is 2.24. The number of carbonyl (C=O) groups is 1. The minimum absolute atomic E-state index is 0.0519. The summed E-state index contributed by atoms with van der Waals surface area (Å²) in [4.78, 5) is 15.0. The van der Waals surface area contributed by atoms with E-state index in [0.717, 1.165) is 0 Å². The van der Waals surface area contributed by atoms with Gasteiger partial charge in [0, 0.05) is 12.1 Å².